The zero-order valence-electron chi connectivity index (χ0n) is 25.7. The van der Waals surface area contributed by atoms with Gasteiger partial charge in [-0.2, -0.15) is 0 Å². The van der Waals surface area contributed by atoms with Gasteiger partial charge < -0.3 is 19.6 Å². The minimum absolute atomic E-state index is 0.0931. The van der Waals surface area contributed by atoms with Gasteiger partial charge in [-0.1, -0.05) is 74.7 Å². The van der Waals surface area contributed by atoms with Gasteiger partial charge in [0.1, 0.15) is 11.8 Å². The van der Waals surface area contributed by atoms with E-state index in [0.29, 0.717) is 23.8 Å². The van der Waals surface area contributed by atoms with E-state index in [1.54, 1.807) is 0 Å². The molecular formula is C36H49N3O4. The van der Waals surface area contributed by atoms with E-state index in [0.717, 1.165) is 83.4 Å². The highest BCUT2D eigenvalue weighted by Crippen LogP contribution is 2.40. The molecule has 5 unspecified atom stereocenters. The molecule has 4 fully saturated rings. The fraction of sp³-hybridized carbons (Fsp3) is 0.611. The van der Waals surface area contributed by atoms with Crippen LogP contribution in [-0.2, 0) is 9.59 Å². The number of ether oxygens (including phenoxy) is 1. The van der Waals surface area contributed by atoms with Gasteiger partial charge in [0, 0.05) is 50.7 Å². The quantitative estimate of drug-likeness (QED) is 0.374. The Bertz CT molecular complexity index is 1200. The zero-order chi connectivity index (χ0) is 29.8. The molecule has 6 rings (SSSR count). The second-order valence-electron chi connectivity index (χ2n) is 13.6. The van der Waals surface area contributed by atoms with E-state index >= 15 is 0 Å². The third kappa shape index (κ3) is 7.26. The largest absolute Gasteiger partial charge is 0.484 e. The van der Waals surface area contributed by atoms with Crippen molar-refractivity contribution in [2.45, 2.75) is 82.3 Å². The summed E-state index contributed by atoms with van der Waals surface area (Å²) in [6.07, 6.45) is 8.65. The number of carboxylic acids is 1. The van der Waals surface area contributed by atoms with Crippen LogP contribution in [0.2, 0.25) is 0 Å². The van der Waals surface area contributed by atoms with Crippen LogP contribution in [0.15, 0.2) is 60.7 Å². The minimum atomic E-state index is -0.643. The van der Waals surface area contributed by atoms with Crippen LogP contribution in [-0.4, -0.2) is 89.1 Å². The van der Waals surface area contributed by atoms with Gasteiger partial charge in [-0.05, 0) is 67.6 Å². The van der Waals surface area contributed by atoms with Gasteiger partial charge in [0.05, 0.1) is 0 Å². The highest BCUT2D eigenvalue weighted by Gasteiger charge is 2.46. The van der Waals surface area contributed by atoms with Crippen molar-refractivity contribution in [2.75, 3.05) is 39.3 Å². The molecule has 0 spiro atoms. The summed E-state index contributed by atoms with van der Waals surface area (Å²) in [4.78, 5) is 33.1. The van der Waals surface area contributed by atoms with E-state index in [4.69, 9.17) is 4.74 Å². The third-order valence-electron chi connectivity index (χ3n) is 10.7. The lowest BCUT2D eigenvalue weighted by Gasteiger charge is -2.40. The van der Waals surface area contributed by atoms with Crippen LogP contribution in [0.4, 0.5) is 0 Å². The van der Waals surface area contributed by atoms with Gasteiger partial charge in [-0.25, -0.2) is 0 Å². The second-order valence-corrected chi connectivity index (χ2v) is 13.6. The van der Waals surface area contributed by atoms with Crippen LogP contribution in [0.1, 0.15) is 69.8 Å². The minimum Gasteiger partial charge on any atom is -0.484 e. The first kappa shape index (κ1) is 30.1. The van der Waals surface area contributed by atoms with Gasteiger partial charge in [-0.15, -0.1) is 0 Å². The molecule has 2 aliphatic carbocycles. The summed E-state index contributed by atoms with van der Waals surface area (Å²) in [6, 6.07) is 20.6. The molecule has 2 saturated carbocycles. The molecule has 7 nitrogen and oxygen atoms in total. The Kier molecular flexibility index (Phi) is 9.68. The van der Waals surface area contributed by atoms with E-state index < -0.39 is 5.97 Å². The molecule has 0 bridgehead atoms. The van der Waals surface area contributed by atoms with Crippen molar-refractivity contribution in [3.8, 4) is 5.75 Å². The number of carboxylic acid groups (broad SMARTS) is 1. The summed E-state index contributed by atoms with van der Waals surface area (Å²) in [7, 11) is 0. The second kappa shape index (κ2) is 13.8. The number of nitrogens with zero attached hydrogens (tertiary/aromatic N) is 3. The summed E-state index contributed by atoms with van der Waals surface area (Å²) in [5.41, 5.74) is 1.33. The molecule has 5 atom stereocenters. The van der Waals surface area contributed by atoms with Crippen molar-refractivity contribution in [1.29, 1.82) is 0 Å². The van der Waals surface area contributed by atoms with Crippen molar-refractivity contribution in [3.05, 3.63) is 66.2 Å². The number of likely N-dealkylation sites (tertiary alicyclic amines) is 2. The first-order chi connectivity index (χ1) is 21.0. The number of carbonyl (C=O) groups is 2. The van der Waals surface area contributed by atoms with Gasteiger partial charge in [0.2, 0.25) is 0 Å². The van der Waals surface area contributed by atoms with Gasteiger partial charge in [-0.3, -0.25) is 14.5 Å². The number of carbonyl (C=O) groups excluding carboxylic acids is 1. The number of para-hydroxylation sites is 1. The SMILES string of the molecule is CC1CC1N(C(=O)COc1ccccc1)C1CCN(CC2CN(C(C(=O)O)C3CCCCC3)CC2c2ccccc2)CC1. The van der Waals surface area contributed by atoms with Crippen LogP contribution < -0.4 is 4.74 Å². The van der Waals surface area contributed by atoms with Crippen molar-refractivity contribution < 1.29 is 19.4 Å². The van der Waals surface area contributed by atoms with Crippen molar-refractivity contribution >= 4 is 11.9 Å². The topological polar surface area (TPSA) is 73.3 Å². The average Bonchev–Trinajstić information content (AvgIpc) is 3.60. The first-order valence-electron chi connectivity index (χ1n) is 16.7. The Hall–Kier alpha value is -2.90. The highest BCUT2D eigenvalue weighted by atomic mass is 16.5. The lowest BCUT2D eigenvalue weighted by Crippen LogP contribution is -2.51. The molecule has 7 heteroatoms. The van der Waals surface area contributed by atoms with Crippen LogP contribution in [0, 0.1) is 17.8 Å². The average molecular weight is 588 g/mol. The zero-order valence-corrected chi connectivity index (χ0v) is 25.7. The number of amides is 1. The highest BCUT2D eigenvalue weighted by molar-refractivity contribution is 5.79. The molecule has 0 radical (unpaired) electrons. The number of aliphatic carboxylic acids is 1. The summed E-state index contributed by atoms with van der Waals surface area (Å²) < 4.78 is 5.86. The maximum absolute atomic E-state index is 13.4. The molecule has 1 amide bonds. The van der Waals surface area contributed by atoms with Crippen LogP contribution in [0.5, 0.6) is 5.75 Å². The number of benzene rings is 2. The molecule has 232 valence electrons. The van der Waals surface area contributed by atoms with Crippen LogP contribution in [0.3, 0.4) is 0 Å². The van der Waals surface area contributed by atoms with Crippen molar-refractivity contribution in [3.63, 3.8) is 0 Å². The molecule has 4 aliphatic rings. The first-order valence-corrected chi connectivity index (χ1v) is 16.7. The van der Waals surface area contributed by atoms with Crippen LogP contribution in [0.25, 0.3) is 0 Å². The summed E-state index contributed by atoms with van der Waals surface area (Å²) in [5.74, 6) is 1.75. The Morgan fingerprint density at radius 1 is 0.930 bits per heavy atom. The maximum Gasteiger partial charge on any atom is 0.321 e. The normalized spacial score (nSPS) is 27.9. The maximum atomic E-state index is 13.4. The smallest absolute Gasteiger partial charge is 0.321 e. The molecule has 43 heavy (non-hydrogen) atoms. The van der Waals surface area contributed by atoms with E-state index in [1.807, 2.05) is 30.3 Å². The molecule has 2 aromatic carbocycles. The molecule has 1 N–H and O–H groups in total. The number of rotatable bonds is 11. The van der Waals surface area contributed by atoms with Crippen molar-refractivity contribution in [1.82, 2.24) is 14.7 Å². The number of hydrogen-bond donors (Lipinski definition) is 1. The summed E-state index contributed by atoms with van der Waals surface area (Å²) in [6.45, 7) is 6.91. The van der Waals surface area contributed by atoms with E-state index in [-0.39, 0.29) is 30.5 Å². The lowest BCUT2D eigenvalue weighted by atomic mass is 9.83. The molecule has 2 heterocycles. The Balaban J connectivity index is 1.09. The van der Waals surface area contributed by atoms with Crippen LogP contribution >= 0.6 is 0 Å². The standard InChI is InChI=1S/C36H49N3O4/c1-26-21-33(26)39(34(40)25-43-31-15-9-4-10-16-31)30-17-19-37(20-18-30)22-29-23-38(24-32(29)27-11-5-2-6-12-27)35(36(41)42)28-13-7-3-8-14-28/h2,4-6,9-12,15-16,26,28-30,32-33,35H,3,7-8,13-14,17-25H2,1H3,(H,41,42). The Morgan fingerprint density at radius 3 is 2.21 bits per heavy atom. The fourth-order valence-electron chi connectivity index (χ4n) is 8.30. The van der Waals surface area contributed by atoms with Gasteiger partial charge >= 0.3 is 5.97 Å². The van der Waals surface area contributed by atoms with E-state index in [9.17, 15) is 14.7 Å². The van der Waals surface area contributed by atoms with E-state index in [2.05, 4.69) is 52.0 Å². The Morgan fingerprint density at radius 2 is 1.58 bits per heavy atom. The number of hydrogen-bond acceptors (Lipinski definition) is 5. The summed E-state index contributed by atoms with van der Waals surface area (Å²) >= 11 is 0. The monoisotopic (exact) mass is 587 g/mol. The molecule has 2 aromatic rings. The third-order valence-corrected chi connectivity index (χ3v) is 10.7. The summed E-state index contributed by atoms with van der Waals surface area (Å²) in [5, 5.41) is 10.4. The fourth-order valence-corrected chi connectivity index (χ4v) is 8.30. The Labute approximate surface area is 257 Å². The van der Waals surface area contributed by atoms with Crippen molar-refractivity contribution in [2.24, 2.45) is 17.8 Å². The predicted octanol–water partition coefficient (Wildman–Crippen LogP) is 5.52. The molecule has 2 aliphatic heterocycles. The predicted molar refractivity (Wildman–Crippen MR) is 168 cm³/mol. The van der Waals surface area contributed by atoms with Gasteiger partial charge in [0.15, 0.2) is 6.61 Å². The van der Waals surface area contributed by atoms with Gasteiger partial charge in [0.25, 0.3) is 5.91 Å². The molecule has 2 saturated heterocycles. The molecule has 0 aromatic heterocycles. The lowest BCUT2D eigenvalue weighted by molar-refractivity contribution is -0.145. The number of piperidine rings is 1. The molecular weight excluding hydrogens is 538 g/mol. The van der Waals surface area contributed by atoms with E-state index in [1.165, 1.54) is 12.0 Å².